The molecule has 8 heteroatoms. The Morgan fingerprint density at radius 1 is 0.476 bits per heavy atom. The van der Waals surface area contributed by atoms with Gasteiger partial charge in [0.15, 0.2) is 37.9 Å². The van der Waals surface area contributed by atoms with Gasteiger partial charge in [0, 0.05) is 63.8 Å². The lowest BCUT2D eigenvalue weighted by Crippen LogP contribution is -3.00. The van der Waals surface area contributed by atoms with Gasteiger partial charge in [0.2, 0.25) is 0 Å². The maximum atomic E-state index is 2.26. The van der Waals surface area contributed by atoms with Crippen LogP contribution in [0.2, 0.25) is 0 Å². The number of hydrogen-bond acceptors (Lipinski definition) is 4. The number of halogens is 2. The van der Waals surface area contributed by atoms with E-state index >= 15 is 0 Å². The minimum absolute atomic E-state index is 0. The summed E-state index contributed by atoms with van der Waals surface area (Å²) in [6.07, 6.45) is 17.4. The fourth-order valence-electron chi connectivity index (χ4n) is 4.01. The molecule has 222 valence electrons. The summed E-state index contributed by atoms with van der Waals surface area (Å²) in [6.45, 7) is 2.03. The number of aryl methyl sites for hydroxylation is 2. The number of nitrogens with zero attached hydrogens (tertiary/aromatic N) is 4. The zero-order valence-electron chi connectivity index (χ0n) is 24.7. The van der Waals surface area contributed by atoms with Crippen LogP contribution in [0.3, 0.4) is 0 Å². The highest BCUT2D eigenvalue weighted by Gasteiger charge is 2.04. The van der Waals surface area contributed by atoms with E-state index in [0.717, 1.165) is 24.6 Å². The minimum Gasteiger partial charge on any atom is -1.00 e. The third kappa shape index (κ3) is 12.0. The van der Waals surface area contributed by atoms with Crippen molar-refractivity contribution in [3.05, 3.63) is 120 Å². The highest BCUT2D eigenvalue weighted by atomic mass is 79.9. The Labute approximate surface area is 281 Å². The largest absolute Gasteiger partial charge is 1.00 e. The zero-order chi connectivity index (χ0) is 28.2. The zero-order valence-corrected chi connectivity index (χ0v) is 29.5. The fraction of sp³-hybridized carbons (Fsp3) is 0.235. The second kappa shape index (κ2) is 18.9. The van der Waals surface area contributed by atoms with Gasteiger partial charge in [0.05, 0.1) is 11.5 Å². The highest BCUT2D eigenvalue weighted by Crippen LogP contribution is 2.20. The first-order valence-corrected chi connectivity index (χ1v) is 16.1. The van der Waals surface area contributed by atoms with Crippen LogP contribution in [-0.2, 0) is 13.1 Å². The molecular weight excluding hydrogens is 688 g/mol. The van der Waals surface area contributed by atoms with E-state index in [1.165, 1.54) is 33.6 Å². The summed E-state index contributed by atoms with van der Waals surface area (Å²) < 4.78 is 4.52. The van der Waals surface area contributed by atoms with Crippen molar-refractivity contribution in [3.63, 3.8) is 0 Å². The van der Waals surface area contributed by atoms with Crippen molar-refractivity contribution in [1.82, 2.24) is 0 Å². The summed E-state index contributed by atoms with van der Waals surface area (Å²) >= 11 is 0. The predicted molar refractivity (Wildman–Crippen MR) is 178 cm³/mol. The van der Waals surface area contributed by atoms with E-state index in [4.69, 9.17) is 0 Å². The Bertz CT molecular complexity index is 1260. The molecule has 4 rings (SSSR count). The van der Waals surface area contributed by atoms with E-state index in [0.29, 0.717) is 0 Å². The van der Waals surface area contributed by atoms with E-state index in [1.807, 2.05) is 21.6 Å². The summed E-state index contributed by atoms with van der Waals surface area (Å²) in [5, 5.41) is 0. The molecule has 0 aliphatic carbocycles. The molecule has 0 fully saturated rings. The molecule has 0 aliphatic heterocycles. The topological polar surface area (TPSA) is 14.2 Å². The maximum absolute atomic E-state index is 2.26. The first-order chi connectivity index (χ1) is 19.5. The van der Waals surface area contributed by atoms with Crippen LogP contribution >= 0.6 is 21.6 Å². The Balaban J connectivity index is 0.00000308. The molecule has 0 atom stereocenters. The standard InChI is InChI=1S/C34H40N4S2.2BrH/c1-35(2)33-13-9-29(10-14-33)5-7-31-17-21-37(22-18-31)25-27-39-40-28-26-38-23-19-32(20-24-38)8-6-30-11-15-34(16-12-30)36(3)4;;/h5-24H,25-28H2,1-4H3;2*1H/q+2;;/p-2. The first-order valence-electron chi connectivity index (χ1n) is 13.6. The second-order valence-corrected chi connectivity index (χ2v) is 12.7. The monoisotopic (exact) mass is 726 g/mol. The lowest BCUT2D eigenvalue weighted by molar-refractivity contribution is -0.692. The van der Waals surface area contributed by atoms with Gasteiger partial charge in [-0.2, -0.15) is 0 Å². The van der Waals surface area contributed by atoms with Crippen LogP contribution in [-0.4, -0.2) is 39.7 Å². The number of pyridine rings is 2. The van der Waals surface area contributed by atoms with Crippen molar-refractivity contribution in [3.8, 4) is 0 Å². The number of rotatable bonds is 13. The number of hydrogen-bond donors (Lipinski definition) is 0. The molecule has 0 aliphatic rings. The van der Waals surface area contributed by atoms with Gasteiger partial charge in [0.1, 0.15) is 0 Å². The molecule has 0 unspecified atom stereocenters. The van der Waals surface area contributed by atoms with E-state index in [1.54, 1.807) is 0 Å². The molecule has 42 heavy (non-hydrogen) atoms. The Hall–Kier alpha value is -2.52. The first kappa shape index (κ1) is 35.7. The molecule has 0 saturated carbocycles. The van der Waals surface area contributed by atoms with Gasteiger partial charge in [-0.25, -0.2) is 9.13 Å². The Morgan fingerprint density at radius 3 is 1.05 bits per heavy atom. The fourth-order valence-corrected chi connectivity index (χ4v) is 5.97. The van der Waals surface area contributed by atoms with Gasteiger partial charge in [-0.15, -0.1) is 0 Å². The molecular formula is C34H40Br2N4S2. The van der Waals surface area contributed by atoms with E-state index in [2.05, 4.69) is 169 Å². The Morgan fingerprint density at radius 2 is 0.762 bits per heavy atom. The quantitative estimate of drug-likeness (QED) is 0.115. The van der Waals surface area contributed by atoms with Gasteiger partial charge < -0.3 is 43.8 Å². The molecule has 2 aromatic carbocycles. The van der Waals surface area contributed by atoms with Crippen LogP contribution in [0.1, 0.15) is 22.3 Å². The van der Waals surface area contributed by atoms with Crippen LogP contribution in [0.5, 0.6) is 0 Å². The third-order valence-electron chi connectivity index (χ3n) is 6.54. The van der Waals surface area contributed by atoms with Crippen LogP contribution in [0.4, 0.5) is 11.4 Å². The number of aromatic nitrogens is 2. The number of benzene rings is 2. The molecule has 4 nitrogen and oxygen atoms in total. The van der Waals surface area contributed by atoms with Crippen molar-refractivity contribution in [2.24, 2.45) is 0 Å². The van der Waals surface area contributed by atoms with Crippen molar-refractivity contribution < 1.29 is 43.1 Å². The van der Waals surface area contributed by atoms with Crippen LogP contribution < -0.4 is 52.9 Å². The molecule has 0 spiro atoms. The average molecular weight is 729 g/mol. The maximum Gasteiger partial charge on any atom is 0.169 e. The summed E-state index contributed by atoms with van der Waals surface area (Å²) in [5.74, 6) is 2.18. The molecule has 0 amide bonds. The summed E-state index contributed by atoms with van der Waals surface area (Å²) in [4.78, 5) is 4.23. The van der Waals surface area contributed by atoms with Gasteiger partial charge >= 0.3 is 0 Å². The van der Waals surface area contributed by atoms with Gasteiger partial charge in [-0.1, -0.05) is 70.2 Å². The van der Waals surface area contributed by atoms with E-state index < -0.39 is 0 Å². The lowest BCUT2D eigenvalue weighted by Gasteiger charge is -2.11. The molecule has 0 saturated heterocycles. The highest BCUT2D eigenvalue weighted by molar-refractivity contribution is 8.76. The smallest absolute Gasteiger partial charge is 0.169 e. The summed E-state index contributed by atoms with van der Waals surface area (Å²) in [5.41, 5.74) is 7.29. The molecule has 4 aromatic rings. The van der Waals surface area contributed by atoms with Crippen molar-refractivity contribution in [1.29, 1.82) is 0 Å². The normalized spacial score (nSPS) is 10.9. The van der Waals surface area contributed by atoms with Crippen LogP contribution in [0.15, 0.2) is 97.6 Å². The van der Waals surface area contributed by atoms with Gasteiger partial charge in [-0.05, 0) is 46.5 Å². The third-order valence-corrected chi connectivity index (χ3v) is 8.90. The molecule has 0 N–H and O–H groups in total. The second-order valence-electron chi connectivity index (χ2n) is 10.0. The Kier molecular flexibility index (Phi) is 16.1. The van der Waals surface area contributed by atoms with Crippen molar-refractivity contribution in [2.75, 3.05) is 49.5 Å². The van der Waals surface area contributed by atoms with Gasteiger partial charge in [0.25, 0.3) is 0 Å². The van der Waals surface area contributed by atoms with Crippen LogP contribution in [0.25, 0.3) is 24.3 Å². The van der Waals surface area contributed by atoms with Gasteiger partial charge in [-0.3, -0.25) is 0 Å². The van der Waals surface area contributed by atoms with Crippen molar-refractivity contribution >= 4 is 57.3 Å². The predicted octanol–water partition coefficient (Wildman–Crippen LogP) is 0.824. The average Bonchev–Trinajstić information content (AvgIpc) is 2.98. The van der Waals surface area contributed by atoms with E-state index in [9.17, 15) is 0 Å². The summed E-state index contributed by atoms with van der Waals surface area (Å²) in [7, 11) is 12.1. The molecule has 0 radical (unpaired) electrons. The number of anilines is 2. The SMILES string of the molecule is CN(C)c1ccc(/C=C/c2cc[n+](CCSSCC[n+]3ccc(/C=C/c4ccc(N(C)C)cc4)cc3)cc2)cc1.[Br-].[Br-]. The van der Waals surface area contributed by atoms with Crippen LogP contribution in [0, 0.1) is 0 Å². The molecule has 0 bridgehead atoms. The van der Waals surface area contributed by atoms with E-state index in [-0.39, 0.29) is 34.0 Å². The minimum atomic E-state index is 0. The molecule has 2 heterocycles. The molecule has 2 aromatic heterocycles. The lowest BCUT2D eigenvalue weighted by atomic mass is 10.1. The summed E-state index contributed by atoms with van der Waals surface area (Å²) in [6, 6.07) is 25.9. The van der Waals surface area contributed by atoms with Crippen molar-refractivity contribution in [2.45, 2.75) is 13.1 Å².